The largest absolute Gasteiger partial charge is 0.343 e. The van der Waals surface area contributed by atoms with E-state index in [2.05, 4.69) is 10.3 Å². The number of nitrogens with zero attached hydrogens (tertiary/aromatic N) is 2. The highest BCUT2D eigenvalue weighted by molar-refractivity contribution is 5.76. The molecule has 0 spiro atoms. The van der Waals surface area contributed by atoms with Crippen molar-refractivity contribution >= 4 is 5.91 Å². The van der Waals surface area contributed by atoms with Gasteiger partial charge in [0.05, 0.1) is 0 Å². The van der Waals surface area contributed by atoms with Crippen LogP contribution in [0.3, 0.4) is 0 Å². The van der Waals surface area contributed by atoms with E-state index in [1.165, 1.54) is 5.56 Å². The third-order valence-corrected chi connectivity index (χ3v) is 3.63. The smallest absolute Gasteiger partial charge is 0.222 e. The van der Waals surface area contributed by atoms with Gasteiger partial charge in [0.15, 0.2) is 0 Å². The maximum absolute atomic E-state index is 12.1. The van der Waals surface area contributed by atoms with E-state index in [4.69, 9.17) is 0 Å². The van der Waals surface area contributed by atoms with Crippen LogP contribution in [-0.4, -0.2) is 42.0 Å². The van der Waals surface area contributed by atoms with Gasteiger partial charge in [-0.25, -0.2) is 0 Å². The average Bonchev–Trinajstić information content (AvgIpc) is 2.46. The SMILES string of the molecule is CN(C(=O)CCc1ccncc1)C1CCNCC1. The van der Waals surface area contributed by atoms with Crippen LogP contribution in [0.4, 0.5) is 0 Å². The molecule has 4 heteroatoms. The minimum absolute atomic E-state index is 0.249. The van der Waals surface area contributed by atoms with E-state index in [9.17, 15) is 4.79 Å². The molecule has 2 rings (SSSR count). The van der Waals surface area contributed by atoms with Crippen LogP contribution < -0.4 is 5.32 Å². The van der Waals surface area contributed by atoms with Crippen molar-refractivity contribution in [2.75, 3.05) is 20.1 Å². The highest BCUT2D eigenvalue weighted by atomic mass is 16.2. The van der Waals surface area contributed by atoms with Crippen molar-refractivity contribution in [1.82, 2.24) is 15.2 Å². The molecular formula is C14H21N3O. The highest BCUT2D eigenvalue weighted by Crippen LogP contribution is 2.12. The number of aryl methyl sites for hydroxylation is 1. The lowest BCUT2D eigenvalue weighted by Crippen LogP contribution is -2.44. The van der Waals surface area contributed by atoms with Crippen LogP contribution in [0.15, 0.2) is 24.5 Å². The molecule has 1 N–H and O–H groups in total. The molecule has 1 aromatic heterocycles. The molecule has 18 heavy (non-hydrogen) atoms. The Morgan fingerprint density at radius 3 is 2.72 bits per heavy atom. The summed E-state index contributed by atoms with van der Waals surface area (Å²) in [4.78, 5) is 18.0. The Balaban J connectivity index is 1.80. The molecular weight excluding hydrogens is 226 g/mol. The molecule has 1 aromatic rings. The Morgan fingerprint density at radius 1 is 1.39 bits per heavy atom. The van der Waals surface area contributed by atoms with Crippen LogP contribution in [0.1, 0.15) is 24.8 Å². The molecule has 0 radical (unpaired) electrons. The zero-order valence-corrected chi connectivity index (χ0v) is 10.9. The molecule has 1 aliphatic heterocycles. The van der Waals surface area contributed by atoms with Crippen LogP contribution in [0, 0.1) is 0 Å². The fraction of sp³-hybridized carbons (Fsp3) is 0.571. The Bertz CT molecular complexity index is 374. The Kier molecular flexibility index (Phi) is 4.70. The topological polar surface area (TPSA) is 45.2 Å². The number of aromatic nitrogens is 1. The predicted octanol–water partition coefficient (Wildman–Crippen LogP) is 1.22. The number of rotatable bonds is 4. The minimum Gasteiger partial charge on any atom is -0.343 e. The average molecular weight is 247 g/mol. The number of carbonyl (C=O) groups excluding carboxylic acids is 1. The number of pyridine rings is 1. The second kappa shape index (κ2) is 6.50. The van der Waals surface area contributed by atoms with Crippen molar-refractivity contribution in [1.29, 1.82) is 0 Å². The molecule has 0 aromatic carbocycles. The van der Waals surface area contributed by atoms with Crippen molar-refractivity contribution in [2.45, 2.75) is 31.7 Å². The lowest BCUT2D eigenvalue weighted by Gasteiger charge is -2.31. The van der Waals surface area contributed by atoms with Gasteiger partial charge in [0.2, 0.25) is 5.91 Å². The second-order valence-corrected chi connectivity index (χ2v) is 4.84. The maximum Gasteiger partial charge on any atom is 0.222 e. The second-order valence-electron chi connectivity index (χ2n) is 4.84. The molecule has 1 amide bonds. The van der Waals surface area contributed by atoms with E-state index in [1.54, 1.807) is 12.4 Å². The molecule has 2 heterocycles. The van der Waals surface area contributed by atoms with Gasteiger partial charge in [-0.15, -0.1) is 0 Å². The summed E-state index contributed by atoms with van der Waals surface area (Å²) in [6.07, 6.45) is 7.07. The molecule has 1 aliphatic rings. The van der Waals surface area contributed by atoms with E-state index in [1.807, 2.05) is 24.1 Å². The number of piperidine rings is 1. The first-order valence-corrected chi connectivity index (χ1v) is 6.62. The van der Waals surface area contributed by atoms with E-state index in [0.717, 1.165) is 32.4 Å². The minimum atomic E-state index is 0.249. The van der Waals surface area contributed by atoms with Gasteiger partial charge >= 0.3 is 0 Å². The van der Waals surface area contributed by atoms with Gasteiger partial charge in [-0.1, -0.05) is 0 Å². The molecule has 0 saturated carbocycles. The van der Waals surface area contributed by atoms with Crippen LogP contribution in [0.25, 0.3) is 0 Å². The first kappa shape index (κ1) is 13.0. The summed E-state index contributed by atoms with van der Waals surface area (Å²) in [5.41, 5.74) is 1.18. The summed E-state index contributed by atoms with van der Waals surface area (Å²) in [6, 6.07) is 4.35. The van der Waals surface area contributed by atoms with Crippen molar-refractivity contribution < 1.29 is 4.79 Å². The monoisotopic (exact) mass is 247 g/mol. The number of hydrogen-bond acceptors (Lipinski definition) is 3. The summed E-state index contributed by atoms with van der Waals surface area (Å²) >= 11 is 0. The van der Waals surface area contributed by atoms with Crippen molar-refractivity contribution in [3.8, 4) is 0 Å². The van der Waals surface area contributed by atoms with E-state index < -0.39 is 0 Å². The van der Waals surface area contributed by atoms with Gasteiger partial charge in [-0.3, -0.25) is 9.78 Å². The fourth-order valence-electron chi connectivity index (χ4n) is 2.37. The highest BCUT2D eigenvalue weighted by Gasteiger charge is 2.21. The third kappa shape index (κ3) is 3.53. The van der Waals surface area contributed by atoms with Crippen molar-refractivity contribution in [3.05, 3.63) is 30.1 Å². The Morgan fingerprint density at radius 2 is 2.06 bits per heavy atom. The van der Waals surface area contributed by atoms with Gasteiger partial charge < -0.3 is 10.2 Å². The van der Waals surface area contributed by atoms with Crippen molar-refractivity contribution in [3.63, 3.8) is 0 Å². The summed E-state index contributed by atoms with van der Waals surface area (Å²) in [5, 5.41) is 3.32. The molecule has 0 bridgehead atoms. The molecule has 98 valence electrons. The van der Waals surface area contributed by atoms with Gasteiger partial charge in [0, 0.05) is 31.9 Å². The lowest BCUT2D eigenvalue weighted by atomic mass is 10.0. The first-order chi connectivity index (χ1) is 8.77. The van der Waals surface area contributed by atoms with Gasteiger partial charge in [0.1, 0.15) is 0 Å². The summed E-state index contributed by atoms with van der Waals surface area (Å²) < 4.78 is 0. The van der Waals surface area contributed by atoms with Gasteiger partial charge in [-0.05, 0) is 50.0 Å². The van der Waals surface area contributed by atoms with Crippen molar-refractivity contribution in [2.24, 2.45) is 0 Å². The molecule has 1 fully saturated rings. The van der Waals surface area contributed by atoms with Crippen LogP contribution >= 0.6 is 0 Å². The van der Waals surface area contributed by atoms with Crippen LogP contribution in [0.5, 0.6) is 0 Å². The number of hydrogen-bond donors (Lipinski definition) is 1. The normalized spacial score (nSPS) is 16.5. The lowest BCUT2D eigenvalue weighted by molar-refractivity contribution is -0.132. The van der Waals surface area contributed by atoms with Crippen LogP contribution in [0.2, 0.25) is 0 Å². The zero-order chi connectivity index (χ0) is 12.8. The molecule has 1 saturated heterocycles. The molecule has 4 nitrogen and oxygen atoms in total. The van der Waals surface area contributed by atoms with Crippen LogP contribution in [-0.2, 0) is 11.2 Å². The van der Waals surface area contributed by atoms with Gasteiger partial charge in [0.25, 0.3) is 0 Å². The van der Waals surface area contributed by atoms with E-state index in [0.29, 0.717) is 12.5 Å². The third-order valence-electron chi connectivity index (χ3n) is 3.63. The molecule has 0 atom stereocenters. The van der Waals surface area contributed by atoms with E-state index in [-0.39, 0.29) is 5.91 Å². The van der Waals surface area contributed by atoms with Gasteiger partial charge in [-0.2, -0.15) is 0 Å². The predicted molar refractivity (Wildman–Crippen MR) is 71.2 cm³/mol. The molecule has 0 unspecified atom stereocenters. The quantitative estimate of drug-likeness (QED) is 0.870. The summed E-state index contributed by atoms with van der Waals surface area (Å²) in [6.45, 7) is 2.04. The fourth-order valence-corrected chi connectivity index (χ4v) is 2.37. The number of amides is 1. The zero-order valence-electron chi connectivity index (χ0n) is 10.9. The standard InChI is InChI=1S/C14H21N3O/c1-17(13-6-10-16-11-7-13)14(18)3-2-12-4-8-15-9-5-12/h4-5,8-9,13,16H,2-3,6-7,10-11H2,1H3. The summed E-state index contributed by atoms with van der Waals surface area (Å²) in [5.74, 6) is 0.249. The van der Waals surface area contributed by atoms with E-state index >= 15 is 0 Å². The summed E-state index contributed by atoms with van der Waals surface area (Å²) in [7, 11) is 1.94. The Labute approximate surface area is 108 Å². The first-order valence-electron chi connectivity index (χ1n) is 6.62. The Hall–Kier alpha value is -1.42. The maximum atomic E-state index is 12.1. The number of carbonyl (C=O) groups is 1. The number of nitrogens with one attached hydrogen (secondary N) is 1. The molecule has 0 aliphatic carbocycles.